The number of carbonyl (C=O) groups is 2. The summed E-state index contributed by atoms with van der Waals surface area (Å²) in [6.45, 7) is 3.52. The fourth-order valence-corrected chi connectivity index (χ4v) is 2.15. The molecule has 1 aromatic rings. The molecule has 0 aliphatic carbocycles. The van der Waals surface area contributed by atoms with Gasteiger partial charge in [0.25, 0.3) is 0 Å². The number of rotatable bonds is 7. The summed E-state index contributed by atoms with van der Waals surface area (Å²) in [7, 11) is 1.30. The maximum Gasteiger partial charge on any atom is 0.307 e. The summed E-state index contributed by atoms with van der Waals surface area (Å²) >= 11 is 5.83. The van der Waals surface area contributed by atoms with Crippen LogP contribution in [0.3, 0.4) is 0 Å². The molecule has 0 saturated heterocycles. The fraction of sp³-hybridized carbons (Fsp3) is 0.500. The van der Waals surface area contributed by atoms with Crippen LogP contribution in [-0.4, -0.2) is 47.7 Å². The molecular formula is C16H22ClNO4. The molecule has 0 unspecified atom stereocenters. The first-order chi connectivity index (χ1) is 10.3. The van der Waals surface area contributed by atoms with Gasteiger partial charge in [0, 0.05) is 11.6 Å². The lowest BCUT2D eigenvalue weighted by atomic mass is 10.0. The standard InChI is InChI=1S/C16H22ClNO4/c1-16(2,11-19)18(9-8-15(21)22-3)14(20)10-12-4-6-13(17)7-5-12/h4-7,19H,8-11H2,1-3H3. The van der Waals surface area contributed by atoms with E-state index in [4.69, 9.17) is 11.6 Å². The first-order valence-electron chi connectivity index (χ1n) is 7.02. The molecule has 1 amide bonds. The van der Waals surface area contributed by atoms with Gasteiger partial charge in [-0.05, 0) is 31.5 Å². The first kappa shape index (κ1) is 18.5. The maximum atomic E-state index is 12.5. The Morgan fingerprint density at radius 1 is 1.27 bits per heavy atom. The van der Waals surface area contributed by atoms with Crippen molar-refractivity contribution in [2.45, 2.75) is 32.2 Å². The van der Waals surface area contributed by atoms with Crippen molar-refractivity contribution in [3.63, 3.8) is 0 Å². The van der Waals surface area contributed by atoms with Gasteiger partial charge in [-0.25, -0.2) is 0 Å². The summed E-state index contributed by atoms with van der Waals surface area (Å²) in [5.74, 6) is -0.552. The Balaban J connectivity index is 2.82. The molecule has 1 N–H and O–H groups in total. The van der Waals surface area contributed by atoms with E-state index in [1.165, 1.54) is 12.0 Å². The van der Waals surface area contributed by atoms with Gasteiger partial charge in [-0.15, -0.1) is 0 Å². The zero-order chi connectivity index (χ0) is 16.8. The molecule has 0 spiro atoms. The lowest BCUT2D eigenvalue weighted by molar-refractivity contribution is -0.143. The summed E-state index contributed by atoms with van der Waals surface area (Å²) in [5.41, 5.74) is 0.0727. The highest BCUT2D eigenvalue weighted by molar-refractivity contribution is 6.30. The molecule has 5 nitrogen and oxygen atoms in total. The van der Waals surface area contributed by atoms with Crippen molar-refractivity contribution in [3.8, 4) is 0 Å². The number of hydrogen-bond acceptors (Lipinski definition) is 4. The van der Waals surface area contributed by atoms with E-state index in [9.17, 15) is 14.7 Å². The van der Waals surface area contributed by atoms with Crippen LogP contribution in [0.25, 0.3) is 0 Å². The summed E-state index contributed by atoms with van der Waals surface area (Å²) in [5, 5.41) is 10.1. The second-order valence-electron chi connectivity index (χ2n) is 5.65. The minimum atomic E-state index is -0.752. The Labute approximate surface area is 135 Å². The van der Waals surface area contributed by atoms with Crippen molar-refractivity contribution in [3.05, 3.63) is 34.9 Å². The number of hydrogen-bond donors (Lipinski definition) is 1. The highest BCUT2D eigenvalue weighted by Gasteiger charge is 2.30. The molecule has 22 heavy (non-hydrogen) atoms. The van der Waals surface area contributed by atoms with E-state index in [1.54, 1.807) is 38.1 Å². The zero-order valence-corrected chi connectivity index (χ0v) is 13.9. The van der Waals surface area contributed by atoms with Gasteiger partial charge in [0.2, 0.25) is 5.91 Å². The smallest absolute Gasteiger partial charge is 0.307 e. The van der Waals surface area contributed by atoms with Crippen molar-refractivity contribution in [2.75, 3.05) is 20.3 Å². The number of aliphatic hydroxyl groups excluding tert-OH is 1. The Kier molecular flexibility index (Phi) is 6.84. The number of aliphatic hydroxyl groups is 1. The molecule has 0 bridgehead atoms. The summed E-state index contributed by atoms with van der Waals surface area (Å²) < 4.78 is 4.60. The van der Waals surface area contributed by atoms with Crippen molar-refractivity contribution in [1.82, 2.24) is 4.90 Å². The van der Waals surface area contributed by atoms with Crippen LogP contribution in [-0.2, 0) is 20.7 Å². The van der Waals surface area contributed by atoms with E-state index in [0.29, 0.717) is 5.02 Å². The van der Waals surface area contributed by atoms with Crippen LogP contribution in [0.15, 0.2) is 24.3 Å². The third-order valence-electron chi connectivity index (χ3n) is 3.45. The topological polar surface area (TPSA) is 66.8 Å². The highest BCUT2D eigenvalue weighted by atomic mass is 35.5. The third kappa shape index (κ3) is 5.31. The van der Waals surface area contributed by atoms with Crippen molar-refractivity contribution < 1.29 is 19.4 Å². The molecule has 1 rings (SSSR count). The summed E-state index contributed by atoms with van der Waals surface area (Å²) in [4.78, 5) is 25.4. The Morgan fingerprint density at radius 2 is 1.86 bits per heavy atom. The van der Waals surface area contributed by atoms with Gasteiger partial charge in [0.15, 0.2) is 0 Å². The van der Waals surface area contributed by atoms with Gasteiger partial charge in [0.1, 0.15) is 0 Å². The number of methoxy groups -OCH3 is 1. The Hall–Kier alpha value is -1.59. The number of halogens is 1. The second kappa shape index (κ2) is 8.15. The molecule has 0 saturated carbocycles. The number of carbonyl (C=O) groups excluding carboxylic acids is 2. The predicted octanol–water partition coefficient (Wildman–Crippen LogP) is 2.05. The van der Waals surface area contributed by atoms with Gasteiger partial charge in [-0.1, -0.05) is 23.7 Å². The minimum Gasteiger partial charge on any atom is -0.469 e. The zero-order valence-electron chi connectivity index (χ0n) is 13.1. The second-order valence-corrected chi connectivity index (χ2v) is 6.08. The fourth-order valence-electron chi connectivity index (χ4n) is 2.03. The number of esters is 1. The molecule has 0 atom stereocenters. The quantitative estimate of drug-likeness (QED) is 0.778. The number of amides is 1. The van der Waals surface area contributed by atoms with Crippen LogP contribution in [0.4, 0.5) is 0 Å². The van der Waals surface area contributed by atoms with Gasteiger partial charge in [-0.2, -0.15) is 0 Å². The van der Waals surface area contributed by atoms with E-state index in [2.05, 4.69) is 4.74 Å². The van der Waals surface area contributed by atoms with Gasteiger partial charge in [0.05, 0.1) is 32.1 Å². The average Bonchev–Trinajstić information content (AvgIpc) is 2.49. The van der Waals surface area contributed by atoms with E-state index < -0.39 is 11.5 Å². The van der Waals surface area contributed by atoms with E-state index >= 15 is 0 Å². The molecule has 122 valence electrons. The van der Waals surface area contributed by atoms with Crippen LogP contribution >= 0.6 is 11.6 Å². The van der Waals surface area contributed by atoms with Crippen LogP contribution in [0.2, 0.25) is 5.02 Å². The Bertz CT molecular complexity index is 513. The number of ether oxygens (including phenoxy) is 1. The monoisotopic (exact) mass is 327 g/mol. The normalized spacial score (nSPS) is 11.1. The van der Waals surface area contributed by atoms with Gasteiger partial charge < -0.3 is 14.7 Å². The Morgan fingerprint density at radius 3 is 2.36 bits per heavy atom. The maximum absolute atomic E-state index is 12.5. The van der Waals surface area contributed by atoms with E-state index in [-0.39, 0.29) is 31.9 Å². The molecule has 0 aliphatic rings. The molecule has 0 aliphatic heterocycles. The number of benzene rings is 1. The minimum absolute atomic E-state index is 0.0896. The highest BCUT2D eigenvalue weighted by Crippen LogP contribution is 2.17. The molecule has 0 aromatic heterocycles. The molecule has 1 aromatic carbocycles. The van der Waals surface area contributed by atoms with Crippen LogP contribution < -0.4 is 0 Å². The van der Waals surface area contributed by atoms with Crippen LogP contribution in [0, 0.1) is 0 Å². The molecular weight excluding hydrogens is 306 g/mol. The lowest BCUT2D eigenvalue weighted by Crippen LogP contribution is -2.51. The average molecular weight is 328 g/mol. The van der Waals surface area contributed by atoms with Crippen molar-refractivity contribution in [2.24, 2.45) is 0 Å². The van der Waals surface area contributed by atoms with Crippen molar-refractivity contribution in [1.29, 1.82) is 0 Å². The molecule has 0 radical (unpaired) electrons. The van der Waals surface area contributed by atoms with Crippen LogP contribution in [0.1, 0.15) is 25.8 Å². The van der Waals surface area contributed by atoms with Crippen molar-refractivity contribution >= 4 is 23.5 Å². The molecule has 0 fully saturated rings. The van der Waals surface area contributed by atoms with Gasteiger partial charge >= 0.3 is 5.97 Å². The molecule has 0 heterocycles. The summed E-state index contributed by atoms with van der Waals surface area (Å²) in [6, 6.07) is 7.01. The van der Waals surface area contributed by atoms with E-state index in [1.807, 2.05) is 0 Å². The lowest BCUT2D eigenvalue weighted by Gasteiger charge is -2.37. The van der Waals surface area contributed by atoms with E-state index in [0.717, 1.165) is 5.56 Å². The third-order valence-corrected chi connectivity index (χ3v) is 3.71. The largest absolute Gasteiger partial charge is 0.469 e. The first-order valence-corrected chi connectivity index (χ1v) is 7.40. The number of nitrogens with zero attached hydrogens (tertiary/aromatic N) is 1. The molecule has 6 heteroatoms. The summed E-state index contributed by atoms with van der Waals surface area (Å²) in [6.07, 6.45) is 0.272. The SMILES string of the molecule is COC(=O)CCN(C(=O)Cc1ccc(Cl)cc1)C(C)(C)CO. The van der Waals surface area contributed by atoms with Gasteiger partial charge in [-0.3, -0.25) is 9.59 Å². The van der Waals surface area contributed by atoms with Crippen LogP contribution in [0.5, 0.6) is 0 Å². The predicted molar refractivity (Wildman–Crippen MR) is 84.7 cm³/mol.